The number of rotatable bonds is 3. The molecule has 5 atom stereocenters. The first kappa shape index (κ1) is 16.6. The number of benzene rings is 1. The van der Waals surface area contributed by atoms with Crippen molar-refractivity contribution in [1.29, 1.82) is 0 Å². The lowest BCUT2D eigenvalue weighted by atomic mass is 9.96. The highest BCUT2D eigenvalue weighted by atomic mass is 127. The van der Waals surface area contributed by atoms with Crippen LogP contribution in [-0.2, 0) is 4.74 Å². The van der Waals surface area contributed by atoms with Gasteiger partial charge < -0.3 is 30.5 Å². The molecule has 0 aromatic heterocycles. The van der Waals surface area contributed by atoms with Gasteiger partial charge in [0.1, 0.15) is 18.2 Å². The summed E-state index contributed by atoms with van der Waals surface area (Å²) in [7, 11) is 0. The molecule has 1 aliphatic heterocycles. The molecule has 1 aliphatic rings. The van der Waals surface area contributed by atoms with Crippen LogP contribution in [0, 0.1) is 0 Å². The van der Waals surface area contributed by atoms with E-state index in [1.165, 1.54) is 22.6 Å². The van der Waals surface area contributed by atoms with Crippen molar-refractivity contribution in [3.8, 4) is 0 Å². The average molecular weight is 409 g/mol. The lowest BCUT2D eigenvalue weighted by molar-refractivity contribution is -0.258. The van der Waals surface area contributed by atoms with Gasteiger partial charge in [0, 0.05) is 5.56 Å². The SMILES string of the molecule is O=C(N[C@H]1C(O)O[C@H](CO)[C@](O)(I)[C@@H]1O)c1ccccc1. The Hall–Kier alpha value is -0.780. The van der Waals surface area contributed by atoms with Crippen molar-refractivity contribution in [2.75, 3.05) is 6.61 Å². The highest BCUT2D eigenvalue weighted by Crippen LogP contribution is 2.34. The molecule has 1 heterocycles. The van der Waals surface area contributed by atoms with Crippen molar-refractivity contribution >= 4 is 28.5 Å². The number of nitrogens with one attached hydrogen (secondary N) is 1. The third-order valence-corrected chi connectivity index (χ3v) is 4.65. The Morgan fingerprint density at radius 1 is 1.33 bits per heavy atom. The van der Waals surface area contributed by atoms with E-state index in [1.54, 1.807) is 30.3 Å². The van der Waals surface area contributed by atoms with Crippen molar-refractivity contribution < 1.29 is 30.0 Å². The number of carbonyl (C=O) groups is 1. The molecule has 2 rings (SSSR count). The Bertz CT molecular complexity index is 497. The van der Waals surface area contributed by atoms with Gasteiger partial charge >= 0.3 is 0 Å². The molecule has 0 spiro atoms. The summed E-state index contributed by atoms with van der Waals surface area (Å²) in [4.78, 5) is 12.0. The maximum absolute atomic E-state index is 12.0. The van der Waals surface area contributed by atoms with E-state index in [-0.39, 0.29) is 0 Å². The molecule has 0 saturated carbocycles. The van der Waals surface area contributed by atoms with Crippen LogP contribution >= 0.6 is 22.6 Å². The average Bonchev–Trinajstić information content (AvgIpc) is 2.48. The molecule has 5 N–H and O–H groups in total. The van der Waals surface area contributed by atoms with Crippen molar-refractivity contribution in [3.63, 3.8) is 0 Å². The van der Waals surface area contributed by atoms with Gasteiger partial charge in [-0.3, -0.25) is 4.79 Å². The first-order valence-corrected chi connectivity index (χ1v) is 7.35. The fourth-order valence-electron chi connectivity index (χ4n) is 2.09. The number of aliphatic hydroxyl groups is 4. The summed E-state index contributed by atoms with van der Waals surface area (Å²) < 4.78 is 3.21. The molecule has 7 nitrogen and oxygen atoms in total. The number of carbonyl (C=O) groups excluding carboxylic acids is 1. The quantitative estimate of drug-likeness (QED) is 0.322. The number of hydrogen-bond donors (Lipinski definition) is 5. The molecule has 21 heavy (non-hydrogen) atoms. The highest BCUT2D eigenvalue weighted by Gasteiger charge is 2.53. The van der Waals surface area contributed by atoms with Crippen LogP contribution < -0.4 is 5.32 Å². The molecule has 0 bridgehead atoms. The molecule has 1 aromatic rings. The first-order valence-electron chi connectivity index (χ1n) is 6.27. The first-order chi connectivity index (χ1) is 9.87. The molecule has 1 saturated heterocycles. The molecule has 1 fully saturated rings. The molecule has 0 aliphatic carbocycles. The second-order valence-electron chi connectivity index (χ2n) is 4.74. The van der Waals surface area contributed by atoms with E-state index in [0.29, 0.717) is 5.56 Å². The largest absolute Gasteiger partial charge is 0.394 e. The van der Waals surface area contributed by atoms with Crippen LogP contribution in [0.2, 0.25) is 0 Å². The lowest BCUT2D eigenvalue weighted by Crippen LogP contribution is -2.68. The predicted molar refractivity (Wildman–Crippen MR) is 80.6 cm³/mol. The van der Waals surface area contributed by atoms with E-state index in [9.17, 15) is 20.1 Å². The van der Waals surface area contributed by atoms with Crippen LogP contribution in [0.5, 0.6) is 0 Å². The minimum Gasteiger partial charge on any atom is -0.394 e. The van der Waals surface area contributed by atoms with Gasteiger partial charge in [0.2, 0.25) is 0 Å². The minimum atomic E-state index is -1.83. The normalized spacial score (nSPS) is 36.2. The van der Waals surface area contributed by atoms with E-state index in [1.807, 2.05) is 0 Å². The van der Waals surface area contributed by atoms with Gasteiger partial charge in [-0.1, -0.05) is 18.2 Å². The summed E-state index contributed by atoms with van der Waals surface area (Å²) in [6.45, 7) is -0.576. The number of halogens is 1. The summed E-state index contributed by atoms with van der Waals surface area (Å²) >= 11 is 1.52. The molecule has 0 radical (unpaired) electrons. The maximum atomic E-state index is 12.0. The smallest absolute Gasteiger partial charge is 0.251 e. The predicted octanol–water partition coefficient (Wildman–Crippen LogP) is -1.02. The van der Waals surface area contributed by atoms with Gasteiger partial charge in [0.15, 0.2) is 9.90 Å². The Balaban J connectivity index is 2.14. The molecule has 1 unspecified atom stereocenters. The van der Waals surface area contributed by atoms with Crippen LogP contribution in [0.4, 0.5) is 0 Å². The third kappa shape index (κ3) is 3.35. The van der Waals surface area contributed by atoms with Crippen molar-refractivity contribution in [3.05, 3.63) is 35.9 Å². The van der Waals surface area contributed by atoms with E-state index < -0.39 is 40.7 Å². The van der Waals surface area contributed by atoms with Crippen molar-refractivity contribution in [2.45, 2.75) is 28.1 Å². The van der Waals surface area contributed by atoms with Gasteiger partial charge in [0.25, 0.3) is 5.91 Å². The molecule has 1 aromatic carbocycles. The fraction of sp³-hybridized carbons (Fsp3) is 0.462. The summed E-state index contributed by atoms with van der Waals surface area (Å²) in [5.41, 5.74) is 0.346. The van der Waals surface area contributed by atoms with Crippen molar-refractivity contribution in [1.82, 2.24) is 5.32 Å². The van der Waals surface area contributed by atoms with E-state index in [0.717, 1.165) is 0 Å². The zero-order chi connectivity index (χ0) is 15.6. The molecule has 1 amide bonds. The second kappa shape index (κ2) is 6.55. The van der Waals surface area contributed by atoms with Crippen LogP contribution in [0.25, 0.3) is 0 Å². The van der Waals surface area contributed by atoms with Crippen LogP contribution in [0.15, 0.2) is 30.3 Å². The van der Waals surface area contributed by atoms with E-state index in [2.05, 4.69) is 5.32 Å². The third-order valence-electron chi connectivity index (χ3n) is 3.32. The van der Waals surface area contributed by atoms with Gasteiger partial charge in [-0.15, -0.1) is 0 Å². The van der Waals surface area contributed by atoms with Gasteiger partial charge in [0.05, 0.1) is 6.61 Å². The Labute approximate surface area is 134 Å². The highest BCUT2D eigenvalue weighted by molar-refractivity contribution is 14.1. The summed E-state index contributed by atoms with van der Waals surface area (Å²) in [5, 5.41) is 41.7. The van der Waals surface area contributed by atoms with Gasteiger partial charge in [-0.05, 0) is 34.7 Å². The molecular formula is C13H16INO6. The zero-order valence-electron chi connectivity index (χ0n) is 10.9. The number of alkyl halides is 1. The summed E-state index contributed by atoms with van der Waals surface area (Å²) in [6.07, 6.45) is -4.21. The van der Waals surface area contributed by atoms with Crippen LogP contribution in [0.3, 0.4) is 0 Å². The monoisotopic (exact) mass is 409 g/mol. The zero-order valence-corrected chi connectivity index (χ0v) is 13.0. The Kier molecular flexibility index (Phi) is 5.17. The molecule has 116 valence electrons. The van der Waals surface area contributed by atoms with Crippen LogP contribution in [0.1, 0.15) is 10.4 Å². The number of amides is 1. The summed E-state index contributed by atoms with van der Waals surface area (Å²) in [5.74, 6) is -0.517. The number of hydrogen-bond acceptors (Lipinski definition) is 6. The Morgan fingerprint density at radius 2 is 1.95 bits per heavy atom. The summed E-state index contributed by atoms with van der Waals surface area (Å²) in [6, 6.07) is 7.03. The Morgan fingerprint density at radius 3 is 2.52 bits per heavy atom. The standard InChI is InChI=1S/C13H16INO6/c14-13(20)8(6-16)21-12(19)9(10(13)17)15-11(18)7-4-2-1-3-5-7/h1-5,8-10,12,16-17,19-20H,6H2,(H,15,18)/t8-,9-,10-,12?,13-/m1/s1. The molecular weight excluding hydrogens is 393 g/mol. The maximum Gasteiger partial charge on any atom is 0.251 e. The van der Waals surface area contributed by atoms with Crippen molar-refractivity contribution in [2.24, 2.45) is 0 Å². The van der Waals surface area contributed by atoms with E-state index in [4.69, 9.17) is 9.84 Å². The second-order valence-corrected chi connectivity index (χ2v) is 6.46. The number of aliphatic hydroxyl groups excluding tert-OH is 3. The fourth-order valence-corrected chi connectivity index (χ4v) is 2.82. The van der Waals surface area contributed by atoms with E-state index >= 15 is 0 Å². The lowest BCUT2D eigenvalue weighted by Gasteiger charge is -2.45. The topological polar surface area (TPSA) is 119 Å². The molecule has 8 heteroatoms. The van der Waals surface area contributed by atoms with Crippen LogP contribution in [-0.4, -0.2) is 61.1 Å². The van der Waals surface area contributed by atoms with Gasteiger partial charge in [-0.25, -0.2) is 0 Å². The minimum absolute atomic E-state index is 0.346. The number of ether oxygens (including phenoxy) is 1. The van der Waals surface area contributed by atoms with Gasteiger partial charge in [-0.2, -0.15) is 0 Å².